The maximum atomic E-state index is 11.4. The molecule has 1 heterocycles. The molecule has 1 N–H and O–H groups in total. The van der Waals surface area contributed by atoms with Crippen molar-refractivity contribution < 1.29 is 4.79 Å². The zero-order valence-electron chi connectivity index (χ0n) is 10.8. The van der Waals surface area contributed by atoms with Gasteiger partial charge < -0.3 is 5.32 Å². The molecule has 0 saturated carbocycles. The van der Waals surface area contributed by atoms with Crippen LogP contribution in [0.3, 0.4) is 0 Å². The number of rotatable bonds is 3. The number of carbonyl (C=O) groups excluding carboxylic acids is 1. The molecule has 1 aromatic carbocycles. The first-order chi connectivity index (χ1) is 8.35. The number of carbonyl (C=O) groups is 1. The lowest BCUT2D eigenvalue weighted by atomic mass is 9.83. The highest BCUT2D eigenvalue weighted by atomic mass is 79.9. The molecule has 1 aromatic rings. The Balaban J connectivity index is 2.41. The van der Waals surface area contributed by atoms with Gasteiger partial charge in [0.05, 0.1) is 6.42 Å². The molecular weight excluding hydrogens is 314 g/mol. The highest BCUT2D eigenvalue weighted by Crippen LogP contribution is 2.46. The summed E-state index contributed by atoms with van der Waals surface area (Å²) in [7, 11) is 0. The SMILES string of the molecule is CCC(C)(C)C(Br)c1cc2c(cc1Cl)NC(=O)C2. The molecule has 1 amide bonds. The maximum Gasteiger partial charge on any atom is 0.228 e. The van der Waals surface area contributed by atoms with Gasteiger partial charge in [0.2, 0.25) is 5.91 Å². The molecule has 1 aliphatic rings. The van der Waals surface area contributed by atoms with Crippen molar-refractivity contribution in [1.29, 1.82) is 0 Å². The van der Waals surface area contributed by atoms with Crippen LogP contribution in [0.2, 0.25) is 5.02 Å². The van der Waals surface area contributed by atoms with E-state index in [2.05, 4.69) is 42.0 Å². The smallest absolute Gasteiger partial charge is 0.228 e. The lowest BCUT2D eigenvalue weighted by Crippen LogP contribution is -2.17. The van der Waals surface area contributed by atoms with Gasteiger partial charge in [-0.25, -0.2) is 0 Å². The van der Waals surface area contributed by atoms with Crippen molar-refractivity contribution in [3.63, 3.8) is 0 Å². The number of hydrogen-bond donors (Lipinski definition) is 1. The van der Waals surface area contributed by atoms with E-state index in [9.17, 15) is 4.79 Å². The van der Waals surface area contributed by atoms with Gasteiger partial charge in [-0.1, -0.05) is 54.4 Å². The fourth-order valence-corrected chi connectivity index (χ4v) is 3.17. The second kappa shape index (κ2) is 4.86. The van der Waals surface area contributed by atoms with Gasteiger partial charge in [-0.2, -0.15) is 0 Å². The normalized spacial score (nSPS) is 16.4. The van der Waals surface area contributed by atoms with Crippen LogP contribution in [-0.2, 0) is 11.2 Å². The van der Waals surface area contributed by atoms with E-state index in [1.165, 1.54) is 0 Å². The van der Waals surface area contributed by atoms with Crippen molar-refractivity contribution >= 4 is 39.1 Å². The van der Waals surface area contributed by atoms with Gasteiger partial charge in [-0.3, -0.25) is 4.79 Å². The van der Waals surface area contributed by atoms with Crippen LogP contribution in [-0.4, -0.2) is 5.91 Å². The summed E-state index contributed by atoms with van der Waals surface area (Å²) in [4.78, 5) is 11.6. The number of anilines is 1. The van der Waals surface area contributed by atoms with Crippen molar-refractivity contribution in [3.05, 3.63) is 28.3 Å². The standard InChI is InChI=1S/C14H17BrClNO/c1-4-14(2,3)13(15)9-5-8-6-12(18)17-11(8)7-10(9)16/h5,7,13H,4,6H2,1-3H3,(H,17,18). The third-order valence-electron chi connectivity index (χ3n) is 3.72. The lowest BCUT2D eigenvalue weighted by Gasteiger charge is -2.30. The number of alkyl halides is 1. The number of fused-ring (bicyclic) bond motifs is 1. The Labute approximate surface area is 121 Å². The molecule has 18 heavy (non-hydrogen) atoms. The monoisotopic (exact) mass is 329 g/mol. The average Bonchev–Trinajstić information content (AvgIpc) is 2.66. The molecule has 0 fully saturated rings. The van der Waals surface area contributed by atoms with Crippen LogP contribution < -0.4 is 5.32 Å². The molecule has 0 radical (unpaired) electrons. The minimum atomic E-state index is 0.0408. The number of halogens is 2. The van der Waals surface area contributed by atoms with Gasteiger partial charge >= 0.3 is 0 Å². The molecule has 1 atom stereocenters. The first-order valence-electron chi connectivity index (χ1n) is 6.11. The minimum Gasteiger partial charge on any atom is -0.325 e. The average molecular weight is 331 g/mol. The maximum absolute atomic E-state index is 11.4. The molecule has 0 aromatic heterocycles. The minimum absolute atomic E-state index is 0.0408. The van der Waals surface area contributed by atoms with Crippen molar-refractivity contribution in [2.24, 2.45) is 5.41 Å². The van der Waals surface area contributed by atoms with E-state index in [4.69, 9.17) is 11.6 Å². The molecule has 1 aliphatic heterocycles. The fourth-order valence-electron chi connectivity index (χ4n) is 2.06. The van der Waals surface area contributed by atoms with E-state index < -0.39 is 0 Å². The Kier molecular flexibility index (Phi) is 3.75. The number of benzene rings is 1. The third-order valence-corrected chi connectivity index (χ3v) is 5.78. The van der Waals surface area contributed by atoms with Crippen LogP contribution >= 0.6 is 27.5 Å². The first kappa shape index (κ1) is 13.9. The Morgan fingerprint density at radius 3 is 2.78 bits per heavy atom. The third kappa shape index (κ3) is 2.43. The number of hydrogen-bond acceptors (Lipinski definition) is 1. The highest BCUT2D eigenvalue weighted by molar-refractivity contribution is 9.09. The Hall–Kier alpha value is -0.540. The number of amides is 1. The van der Waals surface area contributed by atoms with Gasteiger partial charge in [-0.05, 0) is 29.0 Å². The zero-order chi connectivity index (χ0) is 13.5. The Bertz CT molecular complexity index is 499. The molecular formula is C14H17BrClNO. The van der Waals surface area contributed by atoms with E-state index in [-0.39, 0.29) is 16.1 Å². The molecule has 2 rings (SSSR count). The largest absolute Gasteiger partial charge is 0.325 e. The van der Waals surface area contributed by atoms with Crippen LogP contribution in [0.25, 0.3) is 0 Å². The molecule has 4 heteroatoms. The van der Waals surface area contributed by atoms with Crippen molar-refractivity contribution in [2.45, 2.75) is 38.4 Å². The van der Waals surface area contributed by atoms with Crippen LogP contribution in [0.4, 0.5) is 5.69 Å². The van der Waals surface area contributed by atoms with Crippen molar-refractivity contribution in [2.75, 3.05) is 5.32 Å². The molecule has 0 bridgehead atoms. The second-order valence-corrected chi connectivity index (χ2v) is 6.78. The Morgan fingerprint density at radius 1 is 1.50 bits per heavy atom. The Morgan fingerprint density at radius 2 is 2.17 bits per heavy atom. The van der Waals surface area contributed by atoms with E-state index in [1.54, 1.807) is 0 Å². The summed E-state index contributed by atoms with van der Waals surface area (Å²) in [6, 6.07) is 3.91. The second-order valence-electron chi connectivity index (χ2n) is 5.46. The predicted octanol–water partition coefficient (Wildman–Crippen LogP) is 4.71. The van der Waals surface area contributed by atoms with E-state index in [0.29, 0.717) is 11.4 Å². The fraction of sp³-hybridized carbons (Fsp3) is 0.500. The summed E-state index contributed by atoms with van der Waals surface area (Å²) in [5.41, 5.74) is 3.07. The quantitative estimate of drug-likeness (QED) is 0.799. The molecule has 98 valence electrons. The molecule has 0 spiro atoms. The summed E-state index contributed by atoms with van der Waals surface area (Å²) in [6.07, 6.45) is 1.50. The van der Waals surface area contributed by atoms with Crippen LogP contribution in [0.5, 0.6) is 0 Å². The van der Waals surface area contributed by atoms with Crippen LogP contribution in [0, 0.1) is 5.41 Å². The van der Waals surface area contributed by atoms with Gasteiger partial charge in [-0.15, -0.1) is 0 Å². The lowest BCUT2D eigenvalue weighted by molar-refractivity contribution is -0.115. The summed E-state index contributed by atoms with van der Waals surface area (Å²) in [6.45, 7) is 6.58. The van der Waals surface area contributed by atoms with Crippen LogP contribution in [0.15, 0.2) is 12.1 Å². The van der Waals surface area contributed by atoms with Gasteiger partial charge in [0.15, 0.2) is 0 Å². The summed E-state index contributed by atoms with van der Waals surface area (Å²) >= 11 is 10.1. The predicted molar refractivity (Wildman–Crippen MR) is 79.5 cm³/mol. The summed E-state index contributed by atoms with van der Waals surface area (Å²) < 4.78 is 0. The molecule has 0 saturated heterocycles. The molecule has 2 nitrogen and oxygen atoms in total. The summed E-state index contributed by atoms with van der Waals surface area (Å²) in [5, 5.41) is 3.53. The topological polar surface area (TPSA) is 29.1 Å². The van der Waals surface area contributed by atoms with Crippen molar-refractivity contribution in [1.82, 2.24) is 0 Å². The van der Waals surface area contributed by atoms with Crippen LogP contribution in [0.1, 0.15) is 43.1 Å². The zero-order valence-corrected chi connectivity index (χ0v) is 13.2. The van der Waals surface area contributed by atoms with Gasteiger partial charge in [0, 0.05) is 15.5 Å². The first-order valence-corrected chi connectivity index (χ1v) is 7.40. The molecule has 1 unspecified atom stereocenters. The van der Waals surface area contributed by atoms with Gasteiger partial charge in [0.1, 0.15) is 0 Å². The van der Waals surface area contributed by atoms with E-state index in [1.807, 2.05) is 12.1 Å². The van der Waals surface area contributed by atoms with E-state index in [0.717, 1.165) is 23.2 Å². The van der Waals surface area contributed by atoms with Gasteiger partial charge in [0.25, 0.3) is 0 Å². The summed E-state index contributed by atoms with van der Waals surface area (Å²) in [5.74, 6) is 0.0408. The highest BCUT2D eigenvalue weighted by Gasteiger charge is 2.30. The van der Waals surface area contributed by atoms with Crippen molar-refractivity contribution in [3.8, 4) is 0 Å². The van der Waals surface area contributed by atoms with E-state index >= 15 is 0 Å². The molecule has 0 aliphatic carbocycles. The number of nitrogens with one attached hydrogen (secondary N) is 1.